The fourth-order valence-corrected chi connectivity index (χ4v) is 2.07. The van der Waals surface area contributed by atoms with Gasteiger partial charge in [-0.25, -0.2) is 0 Å². The SMILES string of the molecule is CCCc1cc2n(c1C)CCNC2=O. The van der Waals surface area contributed by atoms with E-state index < -0.39 is 0 Å². The van der Waals surface area contributed by atoms with Gasteiger partial charge in [0.25, 0.3) is 5.91 Å². The van der Waals surface area contributed by atoms with Crippen LogP contribution in [0.1, 0.15) is 35.1 Å². The van der Waals surface area contributed by atoms with E-state index >= 15 is 0 Å². The average Bonchev–Trinajstić information content (AvgIpc) is 2.48. The van der Waals surface area contributed by atoms with Gasteiger partial charge in [-0.3, -0.25) is 4.79 Å². The van der Waals surface area contributed by atoms with Gasteiger partial charge in [0.2, 0.25) is 0 Å². The van der Waals surface area contributed by atoms with Crippen LogP contribution in [0.4, 0.5) is 0 Å². The minimum Gasteiger partial charge on any atom is -0.349 e. The lowest BCUT2D eigenvalue weighted by Crippen LogP contribution is -2.35. The maximum absolute atomic E-state index is 11.5. The number of rotatable bonds is 2. The van der Waals surface area contributed by atoms with Gasteiger partial charge >= 0.3 is 0 Å². The summed E-state index contributed by atoms with van der Waals surface area (Å²) in [5, 5.41) is 2.86. The van der Waals surface area contributed by atoms with Crippen molar-refractivity contribution in [1.29, 1.82) is 0 Å². The first kappa shape index (κ1) is 9.31. The largest absolute Gasteiger partial charge is 0.349 e. The zero-order chi connectivity index (χ0) is 10.1. The Labute approximate surface area is 84.1 Å². The van der Waals surface area contributed by atoms with Crippen LogP contribution in [-0.2, 0) is 13.0 Å². The van der Waals surface area contributed by atoms with Crippen LogP contribution in [0, 0.1) is 6.92 Å². The average molecular weight is 192 g/mol. The van der Waals surface area contributed by atoms with Crippen LogP contribution in [0.3, 0.4) is 0 Å². The van der Waals surface area contributed by atoms with Gasteiger partial charge in [0.05, 0.1) is 0 Å². The number of nitrogens with one attached hydrogen (secondary N) is 1. The predicted molar refractivity (Wildman–Crippen MR) is 55.5 cm³/mol. The predicted octanol–water partition coefficient (Wildman–Crippen LogP) is 1.49. The molecule has 0 atom stereocenters. The van der Waals surface area contributed by atoms with Crippen LogP contribution in [0.25, 0.3) is 0 Å². The fourth-order valence-electron chi connectivity index (χ4n) is 2.07. The maximum Gasteiger partial charge on any atom is 0.267 e. The molecular weight excluding hydrogens is 176 g/mol. The second kappa shape index (κ2) is 3.48. The summed E-state index contributed by atoms with van der Waals surface area (Å²) in [6.45, 7) is 5.94. The highest BCUT2D eigenvalue weighted by atomic mass is 16.2. The molecule has 0 saturated heterocycles. The smallest absolute Gasteiger partial charge is 0.267 e. The third-order valence-electron chi connectivity index (χ3n) is 2.84. The zero-order valence-corrected chi connectivity index (χ0v) is 8.76. The van der Waals surface area contributed by atoms with Gasteiger partial charge in [0.1, 0.15) is 5.69 Å². The second-order valence-electron chi connectivity index (χ2n) is 3.80. The number of carbonyl (C=O) groups is 1. The Morgan fingerprint density at radius 1 is 1.57 bits per heavy atom. The number of amides is 1. The van der Waals surface area contributed by atoms with Crippen LogP contribution >= 0.6 is 0 Å². The molecule has 1 amide bonds. The van der Waals surface area contributed by atoms with Crippen molar-refractivity contribution in [3.05, 3.63) is 23.0 Å². The summed E-state index contributed by atoms with van der Waals surface area (Å²) in [6.07, 6.45) is 2.20. The topological polar surface area (TPSA) is 34.0 Å². The van der Waals surface area contributed by atoms with E-state index in [9.17, 15) is 4.79 Å². The Kier molecular flexibility index (Phi) is 2.32. The van der Waals surface area contributed by atoms with Crippen LogP contribution in [0.5, 0.6) is 0 Å². The normalized spacial score (nSPS) is 15.1. The number of nitrogens with zero attached hydrogens (tertiary/aromatic N) is 1. The van der Waals surface area contributed by atoms with Gasteiger partial charge in [-0.05, 0) is 25.0 Å². The van der Waals surface area contributed by atoms with Gasteiger partial charge in [-0.15, -0.1) is 0 Å². The quantitative estimate of drug-likeness (QED) is 0.757. The van der Waals surface area contributed by atoms with E-state index in [0.717, 1.165) is 31.6 Å². The molecule has 0 aliphatic carbocycles. The van der Waals surface area contributed by atoms with Gasteiger partial charge < -0.3 is 9.88 Å². The lowest BCUT2D eigenvalue weighted by Gasteiger charge is -2.17. The highest BCUT2D eigenvalue weighted by Crippen LogP contribution is 2.18. The molecule has 0 saturated carbocycles. The third kappa shape index (κ3) is 1.33. The molecule has 0 fully saturated rings. The maximum atomic E-state index is 11.5. The molecule has 0 radical (unpaired) electrons. The van der Waals surface area contributed by atoms with Crippen molar-refractivity contribution in [3.63, 3.8) is 0 Å². The Bertz CT molecular complexity index is 366. The summed E-state index contributed by atoms with van der Waals surface area (Å²) < 4.78 is 2.13. The first-order valence-electron chi connectivity index (χ1n) is 5.21. The lowest BCUT2D eigenvalue weighted by atomic mass is 10.1. The van der Waals surface area contributed by atoms with E-state index in [4.69, 9.17) is 0 Å². The third-order valence-corrected chi connectivity index (χ3v) is 2.84. The molecule has 1 aromatic rings. The van der Waals surface area contributed by atoms with Gasteiger partial charge in [0, 0.05) is 18.8 Å². The van der Waals surface area contributed by atoms with Gasteiger partial charge in [0.15, 0.2) is 0 Å². The number of aryl methyl sites for hydroxylation is 1. The highest BCUT2D eigenvalue weighted by molar-refractivity contribution is 5.93. The Hall–Kier alpha value is -1.25. The fraction of sp³-hybridized carbons (Fsp3) is 0.545. The molecule has 3 heteroatoms. The Morgan fingerprint density at radius 2 is 2.36 bits per heavy atom. The monoisotopic (exact) mass is 192 g/mol. The van der Waals surface area contributed by atoms with E-state index in [-0.39, 0.29) is 5.91 Å². The van der Waals surface area contributed by atoms with Crippen molar-refractivity contribution in [2.24, 2.45) is 0 Å². The molecule has 2 heterocycles. The summed E-state index contributed by atoms with van der Waals surface area (Å²) >= 11 is 0. The van der Waals surface area contributed by atoms with E-state index in [1.54, 1.807) is 0 Å². The number of fused-ring (bicyclic) bond motifs is 1. The summed E-state index contributed by atoms with van der Waals surface area (Å²) in [5.74, 6) is 0.0710. The molecular formula is C11H16N2O. The molecule has 0 unspecified atom stereocenters. The van der Waals surface area contributed by atoms with E-state index in [2.05, 4.69) is 23.7 Å². The summed E-state index contributed by atoms with van der Waals surface area (Å²) in [5.41, 5.74) is 3.41. The number of hydrogen-bond donors (Lipinski definition) is 1. The summed E-state index contributed by atoms with van der Waals surface area (Å²) in [6, 6.07) is 2.04. The van der Waals surface area contributed by atoms with Gasteiger partial charge in [-0.1, -0.05) is 13.3 Å². The molecule has 14 heavy (non-hydrogen) atoms. The molecule has 1 N–H and O–H groups in total. The number of carbonyl (C=O) groups excluding carboxylic acids is 1. The molecule has 1 aliphatic rings. The highest BCUT2D eigenvalue weighted by Gasteiger charge is 2.20. The molecule has 2 rings (SSSR count). The van der Waals surface area contributed by atoms with Crippen LogP contribution in [0.2, 0.25) is 0 Å². The van der Waals surface area contributed by atoms with Crippen molar-refractivity contribution in [3.8, 4) is 0 Å². The molecule has 0 bridgehead atoms. The molecule has 0 aromatic carbocycles. The van der Waals surface area contributed by atoms with Crippen LogP contribution in [0.15, 0.2) is 6.07 Å². The summed E-state index contributed by atoms with van der Waals surface area (Å²) in [4.78, 5) is 11.5. The minimum absolute atomic E-state index is 0.0710. The van der Waals surface area contributed by atoms with E-state index in [1.807, 2.05) is 6.07 Å². The van der Waals surface area contributed by atoms with E-state index in [1.165, 1.54) is 11.3 Å². The second-order valence-corrected chi connectivity index (χ2v) is 3.80. The first-order valence-corrected chi connectivity index (χ1v) is 5.21. The molecule has 76 valence electrons. The molecule has 3 nitrogen and oxygen atoms in total. The van der Waals surface area contributed by atoms with Crippen molar-refractivity contribution in [1.82, 2.24) is 9.88 Å². The summed E-state index contributed by atoms with van der Waals surface area (Å²) in [7, 11) is 0. The Balaban J connectivity index is 2.43. The minimum atomic E-state index is 0.0710. The van der Waals surface area contributed by atoms with Crippen molar-refractivity contribution < 1.29 is 4.79 Å². The number of hydrogen-bond acceptors (Lipinski definition) is 1. The van der Waals surface area contributed by atoms with Crippen molar-refractivity contribution in [2.75, 3.05) is 6.54 Å². The van der Waals surface area contributed by atoms with Crippen molar-refractivity contribution >= 4 is 5.91 Å². The molecule has 1 aliphatic heterocycles. The first-order chi connectivity index (χ1) is 6.74. The van der Waals surface area contributed by atoms with E-state index in [0.29, 0.717) is 0 Å². The van der Waals surface area contributed by atoms with Crippen molar-refractivity contribution in [2.45, 2.75) is 33.2 Å². The lowest BCUT2D eigenvalue weighted by molar-refractivity contribution is 0.0927. The number of aromatic nitrogens is 1. The zero-order valence-electron chi connectivity index (χ0n) is 8.76. The van der Waals surface area contributed by atoms with Gasteiger partial charge in [-0.2, -0.15) is 0 Å². The molecule has 1 aromatic heterocycles. The molecule has 0 spiro atoms. The Morgan fingerprint density at radius 3 is 3.00 bits per heavy atom. The van der Waals surface area contributed by atoms with Crippen LogP contribution < -0.4 is 5.32 Å². The standard InChI is InChI=1S/C11H16N2O/c1-3-4-9-7-10-11(14)12-5-6-13(10)8(9)2/h7H,3-6H2,1-2H3,(H,12,14). The van der Waals surface area contributed by atoms with Crippen LogP contribution in [-0.4, -0.2) is 17.0 Å².